The molecule has 606 valence electrons. The van der Waals surface area contributed by atoms with Crippen LogP contribution in [0.1, 0.15) is 67.7 Å². The van der Waals surface area contributed by atoms with E-state index in [1.807, 2.05) is 0 Å². The molecule has 0 aliphatic carbocycles. The third-order valence-corrected chi connectivity index (χ3v) is 20.8. The first-order chi connectivity index (χ1) is 49.8. The molecule has 0 saturated carbocycles. The van der Waals surface area contributed by atoms with Gasteiger partial charge in [-0.15, -0.1) is 0 Å². The van der Waals surface area contributed by atoms with Crippen LogP contribution in [0.4, 0.5) is 0 Å². The Labute approximate surface area is 614 Å². The Morgan fingerprint density at radius 1 is 0.491 bits per heavy atom. The van der Waals surface area contributed by atoms with E-state index in [9.17, 15) is 119 Å². The lowest BCUT2D eigenvalue weighted by atomic mass is 9.93. The molecule has 5 rings (SSSR count). The maximum atomic E-state index is 13.8. The Bertz CT molecular complexity index is 2960. The van der Waals surface area contributed by atoms with Crippen molar-refractivity contribution in [2.45, 2.75) is 238 Å². The summed E-state index contributed by atoms with van der Waals surface area (Å²) in [5, 5.41) is 164. The van der Waals surface area contributed by atoms with Crippen LogP contribution in [0.15, 0.2) is 0 Å². The Morgan fingerprint density at radius 3 is 1.27 bits per heavy atom. The van der Waals surface area contributed by atoms with Crippen molar-refractivity contribution in [3.8, 4) is 0 Å². The van der Waals surface area contributed by atoms with E-state index in [1.54, 1.807) is 13.8 Å². The number of carboxylic acid groups (broad SMARTS) is 1. The molecule has 27 atom stereocenters. The number of aliphatic hydroxyl groups excluding tert-OH is 12. The number of likely N-dealkylation sites (N-methyl/N-ethyl adjacent to an activating group) is 1. The van der Waals surface area contributed by atoms with E-state index in [2.05, 4.69) is 47.9 Å². The molecule has 44 nitrogen and oxygen atoms in total. The largest absolute Gasteiger partial charge is 0.480 e. The fourth-order valence-electron chi connectivity index (χ4n) is 11.7. The summed E-state index contributed by atoms with van der Waals surface area (Å²) in [6.45, 7) is 1.78. The third kappa shape index (κ3) is 25.3. The average molecular weight is 1570 g/mol. The van der Waals surface area contributed by atoms with Gasteiger partial charge in [-0.2, -0.15) is 0 Å². The third-order valence-electron chi connectivity index (χ3n) is 17.5. The van der Waals surface area contributed by atoms with Crippen molar-refractivity contribution in [2.75, 3.05) is 72.0 Å². The number of nitrogens with one attached hydrogen (secondary N) is 9. The van der Waals surface area contributed by atoms with E-state index in [0.29, 0.717) is 0 Å². The minimum Gasteiger partial charge on any atom is -0.480 e. The van der Waals surface area contributed by atoms with Crippen molar-refractivity contribution in [2.24, 2.45) is 5.73 Å². The van der Waals surface area contributed by atoms with Crippen molar-refractivity contribution in [1.29, 1.82) is 0 Å². The first-order valence-electron chi connectivity index (χ1n) is 33.5. The van der Waals surface area contributed by atoms with Gasteiger partial charge in [0.2, 0.25) is 59.1 Å². The normalized spacial score (nSPS) is 33.8. The van der Waals surface area contributed by atoms with Crippen molar-refractivity contribution >= 4 is 86.6 Å². The number of ether oxygens (including phenoxy) is 9. The van der Waals surface area contributed by atoms with E-state index in [-0.39, 0.29) is 18.6 Å². The van der Waals surface area contributed by atoms with Gasteiger partial charge in [-0.3, -0.25) is 47.9 Å². The lowest BCUT2D eigenvalue weighted by Crippen LogP contribution is -2.72. The summed E-state index contributed by atoms with van der Waals surface area (Å²) in [7, 11) is 3.67. The predicted octanol–water partition coefficient (Wildman–Crippen LogP) is -13.2. The van der Waals surface area contributed by atoms with Gasteiger partial charge in [0.15, 0.2) is 31.5 Å². The van der Waals surface area contributed by atoms with Crippen LogP contribution in [-0.2, 0) is 95.4 Å². The number of amides is 10. The lowest BCUT2D eigenvalue weighted by molar-refractivity contribution is -0.367. The molecule has 5 aliphatic rings. The van der Waals surface area contributed by atoms with Crippen LogP contribution >= 0.6 is 21.6 Å². The van der Waals surface area contributed by atoms with Crippen LogP contribution in [0.5, 0.6) is 0 Å². The highest BCUT2D eigenvalue weighted by atomic mass is 33.1. The number of carbonyl (C=O) groups excluding carboxylic acids is 10. The van der Waals surface area contributed by atoms with Crippen LogP contribution in [0, 0.1) is 0 Å². The number of rotatable bonds is 37. The van der Waals surface area contributed by atoms with Crippen molar-refractivity contribution in [1.82, 2.24) is 52.8 Å². The Kier molecular flexibility index (Phi) is 36.1. The molecule has 0 radical (unpaired) electrons. The fourth-order valence-corrected chi connectivity index (χ4v) is 14.5. The molecule has 0 aromatic carbocycles. The number of carbonyl (C=O) groups is 11. The average Bonchev–Trinajstić information content (AvgIpc) is 0.773. The van der Waals surface area contributed by atoms with Crippen molar-refractivity contribution < 1.29 is 162 Å². The zero-order valence-corrected chi connectivity index (χ0v) is 60.7. The molecule has 24 N–H and O–H groups in total. The van der Waals surface area contributed by atoms with Crippen LogP contribution in [0.25, 0.3) is 0 Å². The van der Waals surface area contributed by atoms with E-state index in [0.717, 1.165) is 43.4 Å². The summed E-state index contributed by atoms with van der Waals surface area (Å²) in [5.74, 6) is -9.25. The smallest absolute Gasteiger partial charge is 0.326 e. The van der Waals surface area contributed by atoms with Crippen LogP contribution in [-0.4, -0.2) is 378 Å². The SMILES string of the molecule is CC(=O)N[C@H]1[C@H](OC2[C@@H](CO)O[C@@H](OC3[C@@H](CO)O[C@@H](OC4[C@@H](CO)OC(O)[C@H](NC(C)=O)[C@H]4O)[C@H](NC(C)=O)[C@H]3O)[C@H](NC(C)=O)[C@H]2O)O[C@H](CO)C(O[C@@H]2O[C@H](CO)[C@@H](O)[C@H](O)[C@H]2NC(=O)CCNC(=O)[C@H](CSSC(C)(C)CCC(=O)N(C)[C@@H](C)C(=O)O)NC(=O)CNC(=O)CNC(=O)CN)[C@@H]1O. The second-order valence-corrected chi connectivity index (χ2v) is 29.1. The summed E-state index contributed by atoms with van der Waals surface area (Å²) < 4.78 is 53.0. The van der Waals surface area contributed by atoms with Gasteiger partial charge in [0.05, 0.1) is 52.7 Å². The molecule has 5 fully saturated rings. The molecule has 46 heteroatoms. The molecule has 10 amide bonds. The molecule has 5 unspecified atom stereocenters. The Morgan fingerprint density at radius 2 is 0.868 bits per heavy atom. The number of aliphatic hydroxyl groups is 12. The van der Waals surface area contributed by atoms with Gasteiger partial charge < -0.3 is 168 Å². The monoisotopic (exact) mass is 1570 g/mol. The minimum atomic E-state index is -2.12. The van der Waals surface area contributed by atoms with Gasteiger partial charge in [0, 0.05) is 64.6 Å². The van der Waals surface area contributed by atoms with Crippen molar-refractivity contribution in [3.05, 3.63) is 0 Å². The number of nitrogens with two attached hydrogens (primary N) is 1. The summed E-state index contributed by atoms with van der Waals surface area (Å²) in [4.78, 5) is 140. The summed E-state index contributed by atoms with van der Waals surface area (Å²) >= 11 is 0. The van der Waals surface area contributed by atoms with Gasteiger partial charge in [-0.1, -0.05) is 21.6 Å². The summed E-state index contributed by atoms with van der Waals surface area (Å²) in [5.41, 5.74) is 5.24. The summed E-state index contributed by atoms with van der Waals surface area (Å²) in [6, 6.07) is -11.2. The molecular formula is C60H101N11O33S2. The fraction of sp³-hybridized carbons (Fsp3) is 0.817. The van der Waals surface area contributed by atoms with E-state index in [4.69, 9.17) is 48.4 Å². The molecule has 0 aromatic heterocycles. The predicted molar refractivity (Wildman–Crippen MR) is 357 cm³/mol. The first-order valence-corrected chi connectivity index (χ1v) is 35.9. The molecule has 5 aliphatic heterocycles. The van der Waals surface area contributed by atoms with Gasteiger partial charge in [0.25, 0.3) is 0 Å². The maximum Gasteiger partial charge on any atom is 0.326 e. The van der Waals surface area contributed by atoms with E-state index >= 15 is 0 Å². The quantitative estimate of drug-likeness (QED) is 0.0257. The topological polar surface area (TPSA) is 671 Å². The van der Waals surface area contributed by atoms with E-state index < -0.39 is 301 Å². The highest BCUT2D eigenvalue weighted by molar-refractivity contribution is 8.77. The maximum absolute atomic E-state index is 13.8. The number of carboxylic acids is 1. The zero-order valence-electron chi connectivity index (χ0n) is 59.1. The number of aliphatic carboxylic acids is 1. The zero-order chi connectivity index (χ0) is 79.4. The van der Waals surface area contributed by atoms with Crippen molar-refractivity contribution in [3.63, 3.8) is 0 Å². The number of hydrogen-bond donors (Lipinski definition) is 23. The van der Waals surface area contributed by atoms with Crippen LogP contribution < -0.4 is 53.6 Å². The summed E-state index contributed by atoms with van der Waals surface area (Å²) in [6.07, 6.45) is -38.1. The van der Waals surface area contributed by atoms with Gasteiger partial charge in [0.1, 0.15) is 134 Å². The van der Waals surface area contributed by atoms with Crippen LogP contribution in [0.2, 0.25) is 0 Å². The van der Waals surface area contributed by atoms with Gasteiger partial charge in [-0.05, 0) is 27.2 Å². The molecule has 106 heavy (non-hydrogen) atoms. The highest BCUT2D eigenvalue weighted by Crippen LogP contribution is 2.40. The second kappa shape index (κ2) is 42.3. The minimum absolute atomic E-state index is 0.0447. The number of nitrogens with zero attached hydrogens (tertiary/aromatic N) is 1. The molecular weight excluding hydrogens is 1470 g/mol. The molecule has 0 bridgehead atoms. The first kappa shape index (κ1) is 90.6. The van der Waals surface area contributed by atoms with Gasteiger partial charge in [-0.25, -0.2) is 4.79 Å². The van der Waals surface area contributed by atoms with E-state index in [1.165, 1.54) is 24.8 Å². The molecule has 0 spiro atoms. The Balaban J connectivity index is 1.32. The van der Waals surface area contributed by atoms with Gasteiger partial charge >= 0.3 is 5.97 Å². The molecule has 5 saturated heterocycles. The van der Waals surface area contributed by atoms with Crippen LogP contribution in [0.3, 0.4) is 0 Å². The standard InChI is InChI=1S/C60H101N11O33S2/c1-22(54(93)94)71(8)37(85)9-11-60(6,7)106-105-21-27(69-36(84)15-64-35(83)14-63-34(82)13-61)53(92)62-12-10-33(81)70-39-44(87)43(86)28(16-72)97-56(39)102-50-30(18-74)99-58(41(46(50)89)67-25(4)79)104-52-32(20-76)100-59(42(48(52)91)68-26(5)80)103-51-31(19-75)98-57(40(47(51)90)66-24(3)78)101-49-29(17-73)96-55(95)38(45(49)88)65-23(2)77/h22,27-32,38-52,55-59,72-76,86-91,95H,9-21,61H2,1-8H3,(H,62,92)(H,63,82)(H,64,83)(H,65,77)(H,66,78)(H,67,79)(H,68,80)(H,69,84)(H,70,81)(H,93,94)/t22-,27-,28+,29+,30+,31+,32+,38+,39+,40+,41+,42+,43+,44+,45+,46+,47+,48+,49?,50?,51?,52?,55?,56-,57-,58-,59-/m0/s1. The molecule has 5 heterocycles. The second-order valence-electron chi connectivity index (χ2n) is 26.1. The lowest BCUT2D eigenvalue weighted by Gasteiger charge is -2.51. The highest BCUT2D eigenvalue weighted by Gasteiger charge is 2.58. The Hall–Kier alpha value is -6.01. The molecule has 0 aromatic rings. The number of hydrogen-bond acceptors (Lipinski definition) is 35.